The number of carbonyl (C=O) groups excluding carboxylic acids is 1. The first-order valence-electron chi connectivity index (χ1n) is 16.8. The molecule has 2 atom stereocenters. The normalized spacial score (nSPS) is 17.1. The van der Waals surface area contributed by atoms with Crippen molar-refractivity contribution in [3.8, 4) is 17.2 Å². The lowest BCUT2D eigenvalue weighted by Gasteiger charge is -2.40. The summed E-state index contributed by atoms with van der Waals surface area (Å²) in [6.07, 6.45) is 0.0662. The van der Waals surface area contributed by atoms with Gasteiger partial charge in [0, 0.05) is 31.3 Å². The third-order valence-electron chi connectivity index (χ3n) is 8.06. The van der Waals surface area contributed by atoms with Gasteiger partial charge in [0.05, 0.1) is 29.1 Å². The lowest BCUT2D eigenvalue weighted by Crippen LogP contribution is -2.47. The number of hydrogen-bond acceptors (Lipinski definition) is 9. The zero-order valence-corrected chi connectivity index (χ0v) is 29.6. The number of benzene rings is 4. The Bertz CT molecular complexity index is 1730. The van der Waals surface area contributed by atoms with Gasteiger partial charge in [-0.05, 0) is 95.1 Å². The molecule has 0 radical (unpaired) electrons. The average molecular weight is 683 g/mol. The lowest BCUT2D eigenvalue weighted by atomic mass is 10.1. The largest absolute Gasteiger partial charge is 0.491 e. The van der Waals surface area contributed by atoms with E-state index in [1.54, 1.807) is 13.0 Å². The number of hydrogen-bond donors (Lipinski definition) is 0. The smallest absolute Gasteiger partial charge is 0.308 e. The van der Waals surface area contributed by atoms with Crippen molar-refractivity contribution in [3.05, 3.63) is 124 Å². The molecule has 0 saturated carbocycles. The van der Waals surface area contributed by atoms with E-state index in [0.29, 0.717) is 48.9 Å². The molecule has 0 spiro atoms. The maximum absolute atomic E-state index is 12.4. The summed E-state index contributed by atoms with van der Waals surface area (Å²) < 4.78 is 29.7. The molecule has 1 aliphatic rings. The van der Waals surface area contributed by atoms with Gasteiger partial charge in [0.15, 0.2) is 5.79 Å². The summed E-state index contributed by atoms with van der Waals surface area (Å²) in [7, 11) is 0. The first-order chi connectivity index (χ1) is 23.7. The molecule has 0 unspecified atom stereocenters. The molecule has 1 fully saturated rings. The topological polar surface area (TPSA) is 110 Å². The summed E-state index contributed by atoms with van der Waals surface area (Å²) in [5.74, 6) is 0.847. The lowest BCUT2D eigenvalue weighted by molar-refractivity contribution is -0.385. The fourth-order valence-corrected chi connectivity index (χ4v) is 6.01. The molecule has 4 aromatic carbocycles. The number of nitrogens with zero attached hydrogens (tertiary/aromatic N) is 2. The highest BCUT2D eigenvalue weighted by Gasteiger charge is 2.37. The Hall–Kier alpha value is -4.93. The van der Waals surface area contributed by atoms with E-state index >= 15 is 0 Å². The number of carbonyl (C=O) groups is 1. The molecule has 4 aromatic rings. The molecule has 5 rings (SSSR count). The number of rotatable bonds is 13. The Labute approximate surface area is 294 Å². The first kappa shape index (κ1) is 36.4. The average Bonchev–Trinajstić information content (AvgIpc) is 3.04. The van der Waals surface area contributed by atoms with Gasteiger partial charge in [-0.2, -0.15) is 0 Å². The van der Waals surface area contributed by atoms with Gasteiger partial charge >= 0.3 is 5.97 Å². The molecule has 0 aromatic heterocycles. The van der Waals surface area contributed by atoms with Crippen LogP contribution in [0.3, 0.4) is 0 Å². The summed E-state index contributed by atoms with van der Waals surface area (Å²) in [5.41, 5.74) is 3.14. The van der Waals surface area contributed by atoms with Crippen LogP contribution in [0.4, 0.5) is 11.4 Å². The van der Waals surface area contributed by atoms with Gasteiger partial charge in [-0.15, -0.1) is 0 Å². The monoisotopic (exact) mass is 682 g/mol. The van der Waals surface area contributed by atoms with Crippen molar-refractivity contribution in [2.75, 3.05) is 11.5 Å². The van der Waals surface area contributed by atoms with Crippen LogP contribution < -0.4 is 14.4 Å². The van der Waals surface area contributed by atoms with Crippen LogP contribution in [0, 0.1) is 17.0 Å². The van der Waals surface area contributed by atoms with Crippen molar-refractivity contribution in [1.29, 1.82) is 0 Å². The third-order valence-corrected chi connectivity index (χ3v) is 8.06. The van der Waals surface area contributed by atoms with Crippen molar-refractivity contribution in [2.24, 2.45) is 0 Å². The van der Waals surface area contributed by atoms with E-state index in [2.05, 4.69) is 17.0 Å². The molecule has 264 valence electrons. The third kappa shape index (κ3) is 10.5. The molecule has 0 N–H and O–H groups in total. The predicted molar refractivity (Wildman–Crippen MR) is 192 cm³/mol. The molecule has 0 amide bonds. The number of esters is 1. The Kier molecular flexibility index (Phi) is 11.4. The van der Waals surface area contributed by atoms with Gasteiger partial charge in [0.1, 0.15) is 29.5 Å². The van der Waals surface area contributed by atoms with Crippen molar-refractivity contribution in [2.45, 2.75) is 91.1 Å². The van der Waals surface area contributed by atoms with E-state index in [1.165, 1.54) is 6.07 Å². The fourth-order valence-electron chi connectivity index (χ4n) is 6.01. The number of ether oxygens (including phenoxy) is 5. The van der Waals surface area contributed by atoms with Crippen LogP contribution in [-0.4, -0.2) is 41.1 Å². The van der Waals surface area contributed by atoms with Gasteiger partial charge in [-0.1, -0.05) is 48.5 Å². The second kappa shape index (κ2) is 15.7. The van der Waals surface area contributed by atoms with E-state index in [1.807, 2.05) is 107 Å². The van der Waals surface area contributed by atoms with E-state index in [-0.39, 0.29) is 35.2 Å². The summed E-state index contributed by atoms with van der Waals surface area (Å²) in [6, 6.07) is 30.5. The molecule has 1 heterocycles. The molecule has 50 heavy (non-hydrogen) atoms. The molecule has 1 saturated heterocycles. The number of anilines is 1. The number of nitro groups is 1. The minimum Gasteiger partial charge on any atom is -0.491 e. The standard InChI is InChI=1S/C40H46N2O8/c1-28-36(13-10-14-37(28)42(44)45)41(25-29-11-8-7-9-12-29)26-30-15-17-32(18-16-30)47-33-21-19-31(20-22-33)46-27-35-23-34(48-40(5,6)49-35)24-38(43)50-39(2,3)4/h7-22,34-35H,23-27H2,1-6H3/t34-,35+/m1/s1. The van der Waals surface area contributed by atoms with E-state index in [4.69, 9.17) is 23.7 Å². The van der Waals surface area contributed by atoms with Crippen LogP contribution in [-0.2, 0) is 32.1 Å². The van der Waals surface area contributed by atoms with Crippen molar-refractivity contribution < 1.29 is 33.4 Å². The van der Waals surface area contributed by atoms with Crippen molar-refractivity contribution in [1.82, 2.24) is 0 Å². The van der Waals surface area contributed by atoms with E-state index < -0.39 is 11.4 Å². The highest BCUT2D eigenvalue weighted by molar-refractivity contribution is 5.70. The van der Waals surface area contributed by atoms with Crippen molar-refractivity contribution in [3.63, 3.8) is 0 Å². The summed E-state index contributed by atoms with van der Waals surface area (Å²) in [5, 5.41) is 11.7. The van der Waals surface area contributed by atoms with Gasteiger partial charge in [0.25, 0.3) is 5.69 Å². The fraction of sp³-hybridized carbons (Fsp3) is 0.375. The van der Waals surface area contributed by atoms with Gasteiger partial charge in [-0.3, -0.25) is 14.9 Å². The van der Waals surface area contributed by atoms with Crippen LogP contribution >= 0.6 is 0 Å². The molecular weight excluding hydrogens is 636 g/mol. The van der Waals surface area contributed by atoms with Crippen LogP contribution in [0.15, 0.2) is 97.1 Å². The van der Waals surface area contributed by atoms with Crippen LogP contribution in [0.25, 0.3) is 0 Å². The molecule has 10 nitrogen and oxygen atoms in total. The molecule has 10 heteroatoms. The van der Waals surface area contributed by atoms with Crippen LogP contribution in [0.5, 0.6) is 17.2 Å². The van der Waals surface area contributed by atoms with Gasteiger partial charge in [-0.25, -0.2) is 0 Å². The van der Waals surface area contributed by atoms with E-state index in [0.717, 1.165) is 16.8 Å². The Morgan fingerprint density at radius 1 is 0.840 bits per heavy atom. The summed E-state index contributed by atoms with van der Waals surface area (Å²) >= 11 is 0. The second-order valence-corrected chi connectivity index (χ2v) is 14.0. The highest BCUT2D eigenvalue weighted by Crippen LogP contribution is 2.32. The quantitative estimate of drug-likeness (QED) is 0.0776. The zero-order chi connectivity index (χ0) is 35.9. The number of nitro benzene ring substituents is 1. The Morgan fingerprint density at radius 3 is 2.04 bits per heavy atom. The Morgan fingerprint density at radius 2 is 1.42 bits per heavy atom. The van der Waals surface area contributed by atoms with Crippen molar-refractivity contribution >= 4 is 17.3 Å². The van der Waals surface area contributed by atoms with Crippen LogP contribution in [0.2, 0.25) is 0 Å². The molecular formula is C40H46N2O8. The van der Waals surface area contributed by atoms with E-state index in [9.17, 15) is 14.9 Å². The molecule has 0 aliphatic carbocycles. The Balaban J connectivity index is 1.18. The summed E-state index contributed by atoms with van der Waals surface area (Å²) in [4.78, 5) is 25.9. The maximum Gasteiger partial charge on any atom is 0.308 e. The van der Waals surface area contributed by atoms with Gasteiger partial charge in [0.2, 0.25) is 0 Å². The highest BCUT2D eigenvalue weighted by atomic mass is 16.7. The maximum atomic E-state index is 12.4. The second-order valence-electron chi connectivity index (χ2n) is 14.0. The summed E-state index contributed by atoms with van der Waals surface area (Å²) in [6.45, 7) is 12.4. The molecule has 0 bridgehead atoms. The van der Waals surface area contributed by atoms with Gasteiger partial charge < -0.3 is 28.6 Å². The predicted octanol–water partition coefficient (Wildman–Crippen LogP) is 8.92. The minimum atomic E-state index is -0.854. The first-order valence-corrected chi connectivity index (χ1v) is 16.8. The minimum absolute atomic E-state index is 0.102. The molecule has 1 aliphatic heterocycles. The zero-order valence-electron chi connectivity index (χ0n) is 29.6. The van der Waals surface area contributed by atoms with Crippen LogP contribution in [0.1, 0.15) is 64.2 Å². The SMILES string of the molecule is Cc1c(N(Cc2ccccc2)Cc2ccc(Oc3ccc(OC[C@@H]4C[C@H](CC(=O)OC(C)(C)C)OC(C)(C)O4)cc3)cc2)cccc1[N+](=O)[O-].